The molecule has 0 saturated carbocycles. The molecule has 0 radical (unpaired) electrons. The summed E-state index contributed by atoms with van der Waals surface area (Å²) in [4.78, 5) is 24.5. The lowest BCUT2D eigenvalue weighted by Gasteiger charge is -2.38. The van der Waals surface area contributed by atoms with Crippen LogP contribution in [0, 0.1) is 0 Å². The first-order valence-corrected chi connectivity index (χ1v) is 9.51. The van der Waals surface area contributed by atoms with Gasteiger partial charge in [-0.2, -0.15) is 15.0 Å². The van der Waals surface area contributed by atoms with Crippen molar-refractivity contribution in [2.24, 2.45) is 0 Å². The number of hydrogen-bond acceptors (Lipinski definition) is 7. The highest BCUT2D eigenvalue weighted by Gasteiger charge is 2.34. The van der Waals surface area contributed by atoms with E-state index in [4.69, 9.17) is 9.15 Å². The number of rotatable bonds is 6. The summed E-state index contributed by atoms with van der Waals surface area (Å²) in [5.41, 5.74) is 1.82. The van der Waals surface area contributed by atoms with Gasteiger partial charge in [-0.25, -0.2) is 4.98 Å². The van der Waals surface area contributed by atoms with Gasteiger partial charge in [-0.1, -0.05) is 18.2 Å². The molecule has 4 heterocycles. The number of ether oxygens (including phenoxy) is 1. The maximum absolute atomic E-state index is 12.6. The zero-order valence-electron chi connectivity index (χ0n) is 16.0. The second-order valence-corrected chi connectivity index (χ2v) is 6.89. The second kappa shape index (κ2) is 7.78. The van der Waals surface area contributed by atoms with Crippen molar-refractivity contribution >= 4 is 5.91 Å². The third kappa shape index (κ3) is 3.77. The lowest BCUT2D eigenvalue weighted by molar-refractivity contribution is 0.0173. The summed E-state index contributed by atoms with van der Waals surface area (Å²) in [5, 5.41) is 8.13. The summed E-state index contributed by atoms with van der Waals surface area (Å²) in [6.07, 6.45) is 6.66. The number of hydrogen-bond donors (Lipinski definition) is 0. The van der Waals surface area contributed by atoms with Crippen LogP contribution in [0.4, 0.5) is 0 Å². The lowest BCUT2D eigenvalue weighted by atomic mass is 10.1. The Bertz CT molecular complexity index is 1120. The van der Waals surface area contributed by atoms with E-state index < -0.39 is 0 Å². The zero-order valence-corrected chi connectivity index (χ0v) is 16.0. The van der Waals surface area contributed by atoms with Crippen molar-refractivity contribution in [3.05, 3.63) is 84.6 Å². The van der Waals surface area contributed by atoms with Gasteiger partial charge in [-0.15, -0.1) is 0 Å². The van der Waals surface area contributed by atoms with Crippen molar-refractivity contribution in [2.45, 2.75) is 12.5 Å². The average molecular weight is 402 g/mol. The highest BCUT2D eigenvalue weighted by molar-refractivity contribution is 5.92. The van der Waals surface area contributed by atoms with Crippen LogP contribution in [0.5, 0.6) is 5.75 Å². The minimum atomic E-state index is -0.161. The second-order valence-electron chi connectivity index (χ2n) is 6.89. The van der Waals surface area contributed by atoms with Gasteiger partial charge in [0.2, 0.25) is 5.89 Å². The number of benzene rings is 1. The standard InChI is InChI=1S/C21H18N6O3/c28-21(26-12-18(13-26)30-17-4-2-1-3-5-17)19-14-29-20(25-19)10-15-6-7-16(11-22-15)27-23-8-9-24-27/h1-9,11,14,18H,10,12-13H2. The Kier molecular flexibility index (Phi) is 4.68. The monoisotopic (exact) mass is 402 g/mol. The highest BCUT2D eigenvalue weighted by atomic mass is 16.5. The van der Waals surface area contributed by atoms with Crippen LogP contribution in [-0.2, 0) is 6.42 Å². The van der Waals surface area contributed by atoms with E-state index in [1.54, 1.807) is 23.5 Å². The van der Waals surface area contributed by atoms with Gasteiger partial charge in [0.1, 0.15) is 23.8 Å². The lowest BCUT2D eigenvalue weighted by Crippen LogP contribution is -2.56. The Hall–Kier alpha value is -4.01. The number of carbonyl (C=O) groups is 1. The first kappa shape index (κ1) is 18.0. The molecule has 1 aliphatic heterocycles. The number of likely N-dealkylation sites (tertiary alicyclic amines) is 1. The van der Waals surface area contributed by atoms with E-state index in [0.717, 1.165) is 17.1 Å². The van der Waals surface area contributed by atoms with E-state index in [1.807, 2.05) is 42.5 Å². The predicted molar refractivity (Wildman–Crippen MR) is 105 cm³/mol. The Morgan fingerprint density at radius 3 is 2.63 bits per heavy atom. The molecule has 0 unspecified atom stereocenters. The van der Waals surface area contributed by atoms with Gasteiger partial charge in [-0.3, -0.25) is 9.78 Å². The van der Waals surface area contributed by atoms with Crippen molar-refractivity contribution in [3.8, 4) is 11.4 Å². The van der Waals surface area contributed by atoms with Crippen LogP contribution in [0.2, 0.25) is 0 Å². The quantitative estimate of drug-likeness (QED) is 0.487. The molecule has 1 aliphatic rings. The van der Waals surface area contributed by atoms with Gasteiger partial charge in [-0.05, 0) is 24.3 Å². The minimum Gasteiger partial charge on any atom is -0.487 e. The van der Waals surface area contributed by atoms with Gasteiger partial charge < -0.3 is 14.1 Å². The molecule has 150 valence electrons. The number of amides is 1. The average Bonchev–Trinajstić information content (AvgIpc) is 3.44. The van der Waals surface area contributed by atoms with Crippen molar-refractivity contribution in [2.75, 3.05) is 13.1 Å². The van der Waals surface area contributed by atoms with Gasteiger partial charge in [0, 0.05) is 5.69 Å². The van der Waals surface area contributed by atoms with E-state index in [9.17, 15) is 4.79 Å². The van der Waals surface area contributed by atoms with Gasteiger partial charge in [0.15, 0.2) is 5.69 Å². The molecule has 3 aromatic heterocycles. The Morgan fingerprint density at radius 1 is 1.10 bits per heavy atom. The van der Waals surface area contributed by atoms with Crippen LogP contribution >= 0.6 is 0 Å². The summed E-state index contributed by atoms with van der Waals surface area (Å²) >= 11 is 0. The fourth-order valence-corrected chi connectivity index (χ4v) is 3.17. The smallest absolute Gasteiger partial charge is 0.276 e. The molecule has 5 rings (SSSR count). The van der Waals surface area contributed by atoms with E-state index >= 15 is 0 Å². The Labute approximate surface area is 171 Å². The number of carbonyl (C=O) groups excluding carboxylic acids is 1. The van der Waals surface area contributed by atoms with E-state index in [2.05, 4.69) is 20.2 Å². The zero-order chi connectivity index (χ0) is 20.3. The summed E-state index contributed by atoms with van der Waals surface area (Å²) in [7, 11) is 0. The van der Waals surface area contributed by atoms with Crippen LogP contribution in [-0.4, -0.2) is 55.0 Å². The van der Waals surface area contributed by atoms with E-state index in [-0.39, 0.29) is 12.0 Å². The normalized spacial score (nSPS) is 13.8. The van der Waals surface area contributed by atoms with Crippen LogP contribution in [0.25, 0.3) is 5.69 Å². The van der Waals surface area contributed by atoms with Crippen LogP contribution in [0.15, 0.2) is 71.7 Å². The number of pyridine rings is 1. The molecule has 9 nitrogen and oxygen atoms in total. The molecule has 30 heavy (non-hydrogen) atoms. The first-order valence-electron chi connectivity index (χ1n) is 9.51. The van der Waals surface area contributed by atoms with Gasteiger partial charge >= 0.3 is 0 Å². The van der Waals surface area contributed by atoms with Crippen molar-refractivity contribution in [1.82, 2.24) is 29.9 Å². The fourth-order valence-electron chi connectivity index (χ4n) is 3.17. The molecular weight excluding hydrogens is 384 g/mol. The molecule has 1 saturated heterocycles. The molecule has 1 fully saturated rings. The molecule has 0 bridgehead atoms. The predicted octanol–water partition coefficient (Wildman–Crippen LogP) is 2.14. The first-order chi connectivity index (χ1) is 14.7. The molecule has 4 aromatic rings. The van der Waals surface area contributed by atoms with Crippen LogP contribution < -0.4 is 4.74 Å². The number of para-hydroxylation sites is 1. The number of aromatic nitrogens is 5. The third-order valence-electron chi connectivity index (χ3n) is 4.74. The summed E-state index contributed by atoms with van der Waals surface area (Å²) in [6, 6.07) is 13.3. The largest absolute Gasteiger partial charge is 0.487 e. The van der Waals surface area contributed by atoms with Gasteiger partial charge in [0.05, 0.1) is 38.1 Å². The van der Waals surface area contributed by atoms with Crippen molar-refractivity contribution < 1.29 is 13.9 Å². The molecule has 1 aromatic carbocycles. The van der Waals surface area contributed by atoms with E-state index in [0.29, 0.717) is 31.1 Å². The molecule has 1 amide bonds. The number of nitrogens with zero attached hydrogens (tertiary/aromatic N) is 6. The Balaban J connectivity index is 1.16. The number of oxazole rings is 1. The van der Waals surface area contributed by atoms with Gasteiger partial charge in [0.25, 0.3) is 5.91 Å². The summed E-state index contributed by atoms with van der Waals surface area (Å²) in [5.74, 6) is 1.08. The van der Waals surface area contributed by atoms with Crippen LogP contribution in [0.1, 0.15) is 22.1 Å². The SMILES string of the molecule is O=C(c1coc(Cc2ccc(-n3nccn3)cn2)n1)N1CC(Oc2ccccc2)C1. The molecule has 0 atom stereocenters. The highest BCUT2D eigenvalue weighted by Crippen LogP contribution is 2.20. The molecule has 0 spiro atoms. The fraction of sp³-hybridized carbons (Fsp3) is 0.190. The van der Waals surface area contributed by atoms with Crippen molar-refractivity contribution in [3.63, 3.8) is 0 Å². The van der Waals surface area contributed by atoms with Crippen LogP contribution in [0.3, 0.4) is 0 Å². The summed E-state index contributed by atoms with van der Waals surface area (Å²) in [6.45, 7) is 1.06. The van der Waals surface area contributed by atoms with E-state index in [1.165, 1.54) is 11.1 Å². The van der Waals surface area contributed by atoms with Crippen molar-refractivity contribution in [1.29, 1.82) is 0 Å². The maximum Gasteiger partial charge on any atom is 0.276 e. The molecule has 9 heteroatoms. The molecule has 0 N–H and O–H groups in total. The minimum absolute atomic E-state index is 0.00490. The molecular formula is C21H18N6O3. The topological polar surface area (TPSA) is 99.2 Å². The Morgan fingerprint density at radius 2 is 1.90 bits per heavy atom. The maximum atomic E-state index is 12.6. The third-order valence-corrected chi connectivity index (χ3v) is 4.74. The molecule has 0 aliphatic carbocycles. The summed E-state index contributed by atoms with van der Waals surface area (Å²) < 4.78 is 11.3.